The zero-order chi connectivity index (χ0) is 11.7. The first-order valence-electron chi connectivity index (χ1n) is 5.54. The average Bonchev–Trinajstić information content (AvgIpc) is 2.55. The Morgan fingerprint density at radius 1 is 1.50 bits per heavy atom. The molecule has 1 nitrogen and oxygen atoms in total. The van der Waals surface area contributed by atoms with Crippen LogP contribution >= 0.6 is 11.6 Å². The maximum Gasteiger partial charge on any atom is 0.141 e. The Morgan fingerprint density at radius 3 is 2.81 bits per heavy atom. The highest BCUT2D eigenvalue weighted by Gasteiger charge is 2.30. The number of Topliss-reactive ketones (excluding diaryl/α,β-unsaturated/α-hetero) is 1. The van der Waals surface area contributed by atoms with Gasteiger partial charge < -0.3 is 0 Å². The molecule has 1 saturated carbocycles. The number of halogens is 2. The fourth-order valence-electron chi connectivity index (χ4n) is 2.32. The highest BCUT2D eigenvalue weighted by Crippen LogP contribution is 2.31. The summed E-state index contributed by atoms with van der Waals surface area (Å²) in [6.45, 7) is 1.98. The minimum absolute atomic E-state index is 0.129. The maximum absolute atomic E-state index is 13.0. The minimum Gasteiger partial charge on any atom is -0.299 e. The van der Waals surface area contributed by atoms with Crippen LogP contribution in [0.25, 0.3) is 0 Å². The van der Waals surface area contributed by atoms with Crippen LogP contribution in [0.5, 0.6) is 0 Å². The van der Waals surface area contributed by atoms with Crippen LogP contribution in [0.4, 0.5) is 4.39 Å². The van der Waals surface area contributed by atoms with E-state index in [-0.39, 0.29) is 16.8 Å². The summed E-state index contributed by atoms with van der Waals surface area (Å²) < 4.78 is 13.0. The van der Waals surface area contributed by atoms with Crippen LogP contribution in [-0.4, -0.2) is 5.78 Å². The van der Waals surface area contributed by atoms with Crippen molar-refractivity contribution in [2.45, 2.75) is 26.2 Å². The first-order valence-corrected chi connectivity index (χ1v) is 5.92. The molecule has 1 fully saturated rings. The van der Waals surface area contributed by atoms with Crippen molar-refractivity contribution < 1.29 is 9.18 Å². The summed E-state index contributed by atoms with van der Waals surface area (Å²) >= 11 is 5.72. The normalized spacial score (nSPS) is 25.1. The van der Waals surface area contributed by atoms with E-state index in [2.05, 4.69) is 0 Å². The molecule has 2 atom stereocenters. The number of hydrogen-bond donors (Lipinski definition) is 0. The molecule has 1 aliphatic carbocycles. The van der Waals surface area contributed by atoms with E-state index < -0.39 is 0 Å². The molecule has 3 heteroatoms. The van der Waals surface area contributed by atoms with Gasteiger partial charge >= 0.3 is 0 Å². The summed E-state index contributed by atoms with van der Waals surface area (Å²) in [4.78, 5) is 11.4. The Hall–Kier alpha value is -0.890. The molecule has 86 valence electrons. The Labute approximate surface area is 99.6 Å². The lowest BCUT2D eigenvalue weighted by Gasteiger charge is -2.14. The van der Waals surface area contributed by atoms with Gasteiger partial charge in [-0.2, -0.15) is 0 Å². The summed E-state index contributed by atoms with van der Waals surface area (Å²) in [5.41, 5.74) is 1.01. The third-order valence-corrected chi connectivity index (χ3v) is 3.75. The lowest BCUT2D eigenvalue weighted by molar-refractivity contribution is -0.120. The molecule has 0 heterocycles. The number of benzene rings is 1. The van der Waals surface area contributed by atoms with E-state index in [1.54, 1.807) is 12.1 Å². The molecule has 1 aromatic carbocycles. The standard InChI is InChI=1S/C13H14ClFO/c1-8-10(3-5-13(8)16)6-9-2-4-12(15)11(14)7-9/h2,4,7-8,10H,3,5-6H2,1H3. The molecule has 1 aromatic rings. The molecule has 16 heavy (non-hydrogen) atoms. The van der Waals surface area contributed by atoms with Crippen LogP contribution in [0.2, 0.25) is 5.02 Å². The Morgan fingerprint density at radius 2 is 2.25 bits per heavy atom. The van der Waals surface area contributed by atoms with Crippen molar-refractivity contribution in [2.24, 2.45) is 11.8 Å². The number of carbonyl (C=O) groups is 1. The molecule has 0 N–H and O–H groups in total. The van der Waals surface area contributed by atoms with E-state index in [0.717, 1.165) is 18.4 Å². The zero-order valence-corrected chi connectivity index (χ0v) is 9.93. The monoisotopic (exact) mass is 240 g/mol. The molecule has 1 aliphatic rings. The largest absolute Gasteiger partial charge is 0.299 e. The molecule has 0 radical (unpaired) electrons. The van der Waals surface area contributed by atoms with Gasteiger partial charge in [0.05, 0.1) is 5.02 Å². The van der Waals surface area contributed by atoms with Gasteiger partial charge in [0.25, 0.3) is 0 Å². The van der Waals surface area contributed by atoms with Crippen LogP contribution in [0, 0.1) is 17.7 Å². The molecule has 0 amide bonds. The highest BCUT2D eigenvalue weighted by atomic mass is 35.5. The van der Waals surface area contributed by atoms with Crippen molar-refractivity contribution >= 4 is 17.4 Å². The van der Waals surface area contributed by atoms with Crippen LogP contribution in [0.3, 0.4) is 0 Å². The van der Waals surface area contributed by atoms with Crippen LogP contribution in [0.15, 0.2) is 18.2 Å². The van der Waals surface area contributed by atoms with E-state index in [1.807, 2.05) is 6.92 Å². The van der Waals surface area contributed by atoms with Crippen molar-refractivity contribution in [1.82, 2.24) is 0 Å². The molecule has 0 aromatic heterocycles. The van der Waals surface area contributed by atoms with Gasteiger partial charge in [-0.15, -0.1) is 0 Å². The second kappa shape index (κ2) is 4.54. The third-order valence-electron chi connectivity index (χ3n) is 3.46. The lowest BCUT2D eigenvalue weighted by Crippen LogP contribution is -2.12. The second-order valence-corrected chi connectivity index (χ2v) is 4.91. The Kier molecular flexibility index (Phi) is 3.29. The second-order valence-electron chi connectivity index (χ2n) is 4.51. The molecule has 0 bridgehead atoms. The van der Waals surface area contributed by atoms with E-state index in [0.29, 0.717) is 18.1 Å². The summed E-state index contributed by atoms with van der Waals surface area (Å²) in [5.74, 6) is 0.469. The summed E-state index contributed by atoms with van der Waals surface area (Å²) in [6, 6.07) is 4.79. The number of ketones is 1. The molecule has 0 aliphatic heterocycles. The number of carbonyl (C=O) groups excluding carboxylic acids is 1. The van der Waals surface area contributed by atoms with Crippen molar-refractivity contribution in [3.8, 4) is 0 Å². The number of hydrogen-bond acceptors (Lipinski definition) is 1. The zero-order valence-electron chi connectivity index (χ0n) is 9.17. The predicted molar refractivity (Wildman–Crippen MR) is 62.0 cm³/mol. The Bertz CT molecular complexity index is 416. The van der Waals surface area contributed by atoms with Gasteiger partial charge in [0.2, 0.25) is 0 Å². The van der Waals surface area contributed by atoms with Crippen molar-refractivity contribution in [1.29, 1.82) is 0 Å². The first kappa shape index (κ1) is 11.6. The van der Waals surface area contributed by atoms with Crippen molar-refractivity contribution in [3.63, 3.8) is 0 Å². The average molecular weight is 241 g/mol. The maximum atomic E-state index is 13.0. The fourth-order valence-corrected chi connectivity index (χ4v) is 2.52. The first-order chi connectivity index (χ1) is 7.58. The molecule has 0 spiro atoms. The van der Waals surface area contributed by atoms with E-state index in [9.17, 15) is 9.18 Å². The van der Waals surface area contributed by atoms with E-state index in [4.69, 9.17) is 11.6 Å². The van der Waals surface area contributed by atoms with Gasteiger partial charge in [-0.05, 0) is 36.5 Å². The smallest absolute Gasteiger partial charge is 0.141 e. The summed E-state index contributed by atoms with van der Waals surface area (Å²) in [6.07, 6.45) is 2.43. The van der Waals surface area contributed by atoms with Gasteiger partial charge in [-0.1, -0.05) is 24.6 Å². The highest BCUT2D eigenvalue weighted by molar-refractivity contribution is 6.30. The SMILES string of the molecule is CC1C(=O)CCC1Cc1ccc(F)c(Cl)c1. The third kappa shape index (κ3) is 2.27. The van der Waals surface area contributed by atoms with Crippen LogP contribution in [-0.2, 0) is 11.2 Å². The van der Waals surface area contributed by atoms with E-state index in [1.165, 1.54) is 6.07 Å². The lowest BCUT2D eigenvalue weighted by atomic mass is 9.91. The molecular weight excluding hydrogens is 227 g/mol. The van der Waals surface area contributed by atoms with Crippen LogP contribution < -0.4 is 0 Å². The van der Waals surface area contributed by atoms with Gasteiger partial charge in [-0.3, -0.25) is 4.79 Å². The molecule has 0 saturated heterocycles. The topological polar surface area (TPSA) is 17.1 Å². The van der Waals surface area contributed by atoms with Gasteiger partial charge in [0.1, 0.15) is 11.6 Å². The minimum atomic E-state index is -0.388. The van der Waals surface area contributed by atoms with Gasteiger partial charge in [0.15, 0.2) is 0 Å². The van der Waals surface area contributed by atoms with Crippen LogP contribution in [0.1, 0.15) is 25.3 Å². The molecule has 2 unspecified atom stereocenters. The predicted octanol–water partition coefficient (Wildman–Crippen LogP) is 3.64. The Balaban J connectivity index is 2.09. The van der Waals surface area contributed by atoms with Crippen molar-refractivity contribution in [2.75, 3.05) is 0 Å². The molecule has 2 rings (SSSR count). The summed E-state index contributed by atoms with van der Waals surface area (Å²) in [7, 11) is 0. The van der Waals surface area contributed by atoms with E-state index >= 15 is 0 Å². The van der Waals surface area contributed by atoms with Gasteiger partial charge in [0, 0.05) is 12.3 Å². The fraction of sp³-hybridized carbons (Fsp3) is 0.462. The quantitative estimate of drug-likeness (QED) is 0.772. The number of rotatable bonds is 2. The van der Waals surface area contributed by atoms with Gasteiger partial charge in [-0.25, -0.2) is 4.39 Å². The summed E-state index contributed by atoms with van der Waals surface area (Å²) in [5, 5.41) is 0.162. The van der Waals surface area contributed by atoms with Crippen molar-refractivity contribution in [3.05, 3.63) is 34.6 Å². The molecular formula is C13H14ClFO.